The van der Waals surface area contributed by atoms with Gasteiger partial charge in [-0.1, -0.05) is 17.7 Å². The molecule has 92 valence electrons. The van der Waals surface area contributed by atoms with Crippen molar-refractivity contribution in [3.63, 3.8) is 0 Å². The Balaban J connectivity index is 1.96. The highest BCUT2D eigenvalue weighted by molar-refractivity contribution is 14.1. The van der Waals surface area contributed by atoms with E-state index < -0.39 is 0 Å². The molecule has 2 aromatic rings. The lowest BCUT2D eigenvalue weighted by Crippen LogP contribution is -2.17. The monoisotopic (exact) mass is 354 g/mol. The molecule has 0 radical (unpaired) electrons. The number of carbonyl (C=O) groups is 1. The number of rotatable bonds is 3. The molecule has 18 heavy (non-hydrogen) atoms. The van der Waals surface area contributed by atoms with Crippen LogP contribution in [-0.4, -0.2) is 12.1 Å². The van der Waals surface area contributed by atoms with Crippen LogP contribution in [0.2, 0.25) is 0 Å². The van der Waals surface area contributed by atoms with Gasteiger partial charge in [-0.3, -0.25) is 4.79 Å². The van der Waals surface area contributed by atoms with Gasteiger partial charge in [-0.2, -0.15) is 5.10 Å². The van der Waals surface area contributed by atoms with E-state index >= 15 is 0 Å². The number of amides is 1. The molecular weight excluding hydrogens is 343 g/mol. The zero-order chi connectivity index (χ0) is 13.0. The lowest BCUT2D eigenvalue weighted by molar-refractivity contribution is 0.0955. The lowest BCUT2D eigenvalue weighted by Gasteiger charge is -1.99. The highest BCUT2D eigenvalue weighted by atomic mass is 127. The minimum absolute atomic E-state index is 0.243. The Kier molecular flexibility index (Phi) is 4.14. The Labute approximate surface area is 118 Å². The molecule has 5 heteroatoms. The van der Waals surface area contributed by atoms with Crippen LogP contribution in [0.25, 0.3) is 0 Å². The molecule has 1 N–H and O–H groups in total. The van der Waals surface area contributed by atoms with Crippen molar-refractivity contribution in [1.82, 2.24) is 5.43 Å². The van der Waals surface area contributed by atoms with Crippen LogP contribution in [-0.2, 0) is 0 Å². The van der Waals surface area contributed by atoms with Crippen molar-refractivity contribution in [2.75, 3.05) is 0 Å². The molecule has 1 heterocycles. The van der Waals surface area contributed by atoms with Crippen LogP contribution in [0.4, 0.5) is 0 Å². The summed E-state index contributed by atoms with van der Waals surface area (Å²) in [5, 5.41) is 3.83. The normalized spacial score (nSPS) is 10.8. The van der Waals surface area contributed by atoms with Crippen molar-refractivity contribution in [2.45, 2.75) is 6.92 Å². The Morgan fingerprint density at radius 1 is 1.28 bits per heavy atom. The summed E-state index contributed by atoms with van der Waals surface area (Å²) in [6, 6.07) is 10.9. The van der Waals surface area contributed by atoms with Gasteiger partial charge in [-0.15, -0.1) is 0 Å². The number of nitrogens with one attached hydrogen (secondary N) is 1. The van der Waals surface area contributed by atoms with Gasteiger partial charge in [0.2, 0.25) is 0 Å². The first-order chi connectivity index (χ1) is 8.65. The van der Waals surface area contributed by atoms with E-state index in [1.807, 2.05) is 25.1 Å². The number of halogens is 1. The van der Waals surface area contributed by atoms with Gasteiger partial charge in [0, 0.05) is 5.56 Å². The average Bonchev–Trinajstić information content (AvgIpc) is 2.76. The van der Waals surface area contributed by atoms with Gasteiger partial charge >= 0.3 is 0 Å². The van der Waals surface area contributed by atoms with Crippen LogP contribution in [0, 0.1) is 10.7 Å². The number of hydrogen-bond acceptors (Lipinski definition) is 3. The van der Waals surface area contributed by atoms with Gasteiger partial charge in [0.15, 0.2) is 3.77 Å². The predicted octanol–water partition coefficient (Wildman–Crippen LogP) is 2.96. The summed E-state index contributed by atoms with van der Waals surface area (Å²) in [5.74, 6) is 0.358. The van der Waals surface area contributed by atoms with Gasteiger partial charge in [-0.25, -0.2) is 5.43 Å². The fourth-order valence-corrected chi connectivity index (χ4v) is 1.76. The number of carbonyl (C=O) groups excluding carboxylic acids is 1. The average molecular weight is 354 g/mol. The first kappa shape index (κ1) is 12.8. The third kappa shape index (κ3) is 3.43. The molecule has 0 fully saturated rings. The maximum atomic E-state index is 11.7. The largest absolute Gasteiger partial charge is 0.449 e. The Hall–Kier alpha value is -1.63. The number of aryl methyl sites for hydroxylation is 1. The molecule has 0 aliphatic carbocycles. The molecule has 4 nitrogen and oxygen atoms in total. The van der Waals surface area contributed by atoms with E-state index in [1.54, 1.807) is 18.2 Å². The minimum Gasteiger partial charge on any atom is -0.449 e. The molecule has 0 atom stereocenters. The summed E-state index contributed by atoms with van der Waals surface area (Å²) in [6.45, 7) is 1.97. The van der Waals surface area contributed by atoms with Crippen LogP contribution in [0.15, 0.2) is 45.9 Å². The summed E-state index contributed by atoms with van der Waals surface area (Å²) in [7, 11) is 0. The first-order valence-electron chi connectivity index (χ1n) is 5.30. The van der Waals surface area contributed by atoms with Gasteiger partial charge in [-0.05, 0) is 53.8 Å². The van der Waals surface area contributed by atoms with Crippen molar-refractivity contribution in [3.8, 4) is 0 Å². The minimum atomic E-state index is -0.243. The zero-order valence-electron chi connectivity index (χ0n) is 9.68. The molecule has 0 spiro atoms. The molecule has 1 aromatic carbocycles. The van der Waals surface area contributed by atoms with Gasteiger partial charge in [0.1, 0.15) is 5.76 Å². The highest BCUT2D eigenvalue weighted by Crippen LogP contribution is 2.07. The summed E-state index contributed by atoms with van der Waals surface area (Å²) in [5.41, 5.74) is 4.13. The zero-order valence-corrected chi connectivity index (χ0v) is 11.8. The molecule has 0 aliphatic rings. The van der Waals surface area contributed by atoms with E-state index in [0.717, 1.165) is 9.33 Å². The summed E-state index contributed by atoms with van der Waals surface area (Å²) in [6.07, 6.45) is 1.47. The molecule has 0 saturated carbocycles. The molecule has 0 unspecified atom stereocenters. The van der Waals surface area contributed by atoms with Crippen molar-refractivity contribution < 1.29 is 9.21 Å². The third-order valence-corrected chi connectivity index (χ3v) is 2.85. The van der Waals surface area contributed by atoms with E-state index in [9.17, 15) is 4.79 Å². The maximum Gasteiger partial charge on any atom is 0.271 e. The SMILES string of the molecule is Cc1ccc(C(=O)N/N=C/c2ccc(I)o2)cc1. The summed E-state index contributed by atoms with van der Waals surface area (Å²) < 4.78 is 6.05. The number of benzene rings is 1. The fourth-order valence-electron chi connectivity index (χ4n) is 1.32. The van der Waals surface area contributed by atoms with Crippen molar-refractivity contribution in [2.24, 2.45) is 5.10 Å². The smallest absolute Gasteiger partial charge is 0.271 e. The van der Waals surface area contributed by atoms with Crippen LogP contribution < -0.4 is 5.43 Å². The van der Waals surface area contributed by atoms with E-state index in [-0.39, 0.29) is 5.91 Å². The van der Waals surface area contributed by atoms with Gasteiger partial charge in [0.05, 0.1) is 6.21 Å². The lowest BCUT2D eigenvalue weighted by atomic mass is 10.1. The summed E-state index contributed by atoms with van der Waals surface area (Å²) in [4.78, 5) is 11.7. The second kappa shape index (κ2) is 5.81. The van der Waals surface area contributed by atoms with Crippen molar-refractivity contribution in [3.05, 3.63) is 57.1 Å². The molecule has 0 bridgehead atoms. The Morgan fingerprint density at radius 2 is 2.00 bits per heavy atom. The van der Waals surface area contributed by atoms with E-state index in [2.05, 4.69) is 33.1 Å². The Morgan fingerprint density at radius 3 is 2.61 bits per heavy atom. The van der Waals surface area contributed by atoms with Crippen LogP contribution in [0.3, 0.4) is 0 Å². The quantitative estimate of drug-likeness (QED) is 0.524. The van der Waals surface area contributed by atoms with Crippen LogP contribution >= 0.6 is 22.6 Å². The number of furan rings is 1. The Bertz CT molecular complexity index is 573. The molecule has 2 rings (SSSR count). The standard InChI is InChI=1S/C13H11IN2O2/c1-9-2-4-10(5-3-9)13(17)16-15-8-11-6-7-12(14)18-11/h2-8H,1H3,(H,16,17)/b15-8+. The van der Waals surface area contributed by atoms with Crippen LogP contribution in [0.5, 0.6) is 0 Å². The first-order valence-corrected chi connectivity index (χ1v) is 6.38. The van der Waals surface area contributed by atoms with Crippen LogP contribution in [0.1, 0.15) is 21.7 Å². The second-order valence-corrected chi connectivity index (χ2v) is 4.77. The number of hydrazone groups is 1. The second-order valence-electron chi connectivity index (χ2n) is 3.71. The third-order valence-electron chi connectivity index (χ3n) is 2.27. The van der Waals surface area contributed by atoms with E-state index in [4.69, 9.17) is 4.42 Å². The molecule has 0 aliphatic heterocycles. The van der Waals surface area contributed by atoms with Gasteiger partial charge in [0.25, 0.3) is 5.91 Å². The topological polar surface area (TPSA) is 54.6 Å². The van der Waals surface area contributed by atoms with Gasteiger partial charge < -0.3 is 4.42 Å². The maximum absolute atomic E-state index is 11.7. The highest BCUT2D eigenvalue weighted by Gasteiger charge is 2.02. The number of nitrogens with zero attached hydrogens (tertiary/aromatic N) is 1. The molecule has 1 amide bonds. The van der Waals surface area contributed by atoms with E-state index in [0.29, 0.717) is 11.3 Å². The predicted molar refractivity (Wildman–Crippen MR) is 77.7 cm³/mol. The fraction of sp³-hybridized carbons (Fsp3) is 0.0769. The van der Waals surface area contributed by atoms with Crippen molar-refractivity contribution >= 4 is 34.7 Å². The van der Waals surface area contributed by atoms with E-state index in [1.165, 1.54) is 6.21 Å². The number of hydrogen-bond donors (Lipinski definition) is 1. The molecular formula is C13H11IN2O2. The summed E-state index contributed by atoms with van der Waals surface area (Å²) >= 11 is 2.06. The molecule has 1 aromatic heterocycles. The van der Waals surface area contributed by atoms with Crippen molar-refractivity contribution in [1.29, 1.82) is 0 Å². The molecule has 0 saturated heterocycles.